The van der Waals surface area contributed by atoms with Gasteiger partial charge in [-0.3, -0.25) is 0 Å². The summed E-state index contributed by atoms with van der Waals surface area (Å²) in [5, 5.41) is 0. The molecule has 60 valence electrons. The van der Waals surface area contributed by atoms with Crippen LogP contribution in [-0.4, -0.2) is 6.54 Å². The quantitative estimate of drug-likeness (QED) is 0.721. The van der Waals surface area contributed by atoms with Gasteiger partial charge in [0.2, 0.25) is 0 Å². The van der Waals surface area contributed by atoms with E-state index in [4.69, 9.17) is 5.73 Å². The maximum atomic E-state index is 5.29. The zero-order valence-corrected chi connectivity index (χ0v) is 7.05. The molecule has 0 aromatic heterocycles. The molecule has 0 saturated carbocycles. The Bertz CT molecular complexity index is 206. The number of hydrogen-bond donors (Lipinski definition) is 1. The Morgan fingerprint density at radius 3 is 2.36 bits per heavy atom. The molecule has 0 fully saturated rings. The minimum absolute atomic E-state index is 0. The SMILES string of the molecule is Cl.NCC=Cc1ccccc1. The molecule has 1 rings (SSSR count). The lowest BCUT2D eigenvalue weighted by Gasteiger charge is -1.88. The van der Waals surface area contributed by atoms with Crippen LogP contribution in [0.3, 0.4) is 0 Å². The van der Waals surface area contributed by atoms with E-state index >= 15 is 0 Å². The Morgan fingerprint density at radius 1 is 1.18 bits per heavy atom. The fraction of sp³-hybridized carbons (Fsp3) is 0.111. The van der Waals surface area contributed by atoms with Crippen LogP contribution in [0.15, 0.2) is 36.4 Å². The Labute approximate surface area is 73.3 Å². The molecule has 0 heterocycles. The summed E-state index contributed by atoms with van der Waals surface area (Å²) in [5.74, 6) is 0. The van der Waals surface area contributed by atoms with E-state index in [1.807, 2.05) is 42.5 Å². The normalized spacial score (nSPS) is 9.55. The summed E-state index contributed by atoms with van der Waals surface area (Å²) in [5.41, 5.74) is 6.49. The molecule has 0 unspecified atom stereocenters. The van der Waals surface area contributed by atoms with Crippen LogP contribution < -0.4 is 5.73 Å². The molecular weight excluding hydrogens is 158 g/mol. The second-order valence-electron chi connectivity index (χ2n) is 2.05. The molecule has 2 heteroatoms. The average Bonchev–Trinajstić information content (AvgIpc) is 2.03. The zero-order valence-electron chi connectivity index (χ0n) is 6.23. The first-order valence-corrected chi connectivity index (χ1v) is 3.35. The molecule has 1 aromatic carbocycles. The van der Waals surface area contributed by atoms with Gasteiger partial charge < -0.3 is 5.73 Å². The van der Waals surface area contributed by atoms with Crippen molar-refractivity contribution in [3.63, 3.8) is 0 Å². The van der Waals surface area contributed by atoms with Crippen LogP contribution in [0.4, 0.5) is 0 Å². The summed E-state index contributed by atoms with van der Waals surface area (Å²) in [6.07, 6.45) is 3.95. The standard InChI is InChI=1S/C9H11N.ClH/c10-8-4-7-9-5-2-1-3-6-9;/h1-7H,8,10H2;1H. The molecule has 0 aliphatic rings. The van der Waals surface area contributed by atoms with E-state index < -0.39 is 0 Å². The molecular formula is C9H12ClN. The number of nitrogens with two attached hydrogens (primary N) is 1. The highest BCUT2D eigenvalue weighted by molar-refractivity contribution is 5.85. The summed E-state index contributed by atoms with van der Waals surface area (Å²) in [7, 11) is 0. The van der Waals surface area contributed by atoms with Gasteiger partial charge >= 0.3 is 0 Å². The van der Waals surface area contributed by atoms with Crippen LogP contribution in [-0.2, 0) is 0 Å². The van der Waals surface area contributed by atoms with Gasteiger partial charge in [-0.15, -0.1) is 12.4 Å². The maximum absolute atomic E-state index is 5.29. The summed E-state index contributed by atoms with van der Waals surface area (Å²) in [6.45, 7) is 0.606. The van der Waals surface area contributed by atoms with E-state index in [9.17, 15) is 0 Å². The van der Waals surface area contributed by atoms with Crippen LogP contribution >= 0.6 is 12.4 Å². The van der Waals surface area contributed by atoms with Gasteiger partial charge in [-0.1, -0.05) is 42.5 Å². The van der Waals surface area contributed by atoms with Gasteiger partial charge in [0.1, 0.15) is 0 Å². The van der Waals surface area contributed by atoms with Crippen molar-refractivity contribution in [2.45, 2.75) is 0 Å². The third-order valence-electron chi connectivity index (χ3n) is 1.25. The van der Waals surface area contributed by atoms with E-state index in [0.717, 1.165) is 0 Å². The Balaban J connectivity index is 0.000001000. The number of benzene rings is 1. The summed E-state index contributed by atoms with van der Waals surface area (Å²) in [6, 6.07) is 10.1. The smallest absolute Gasteiger partial charge is 0.0110 e. The summed E-state index contributed by atoms with van der Waals surface area (Å²) in [4.78, 5) is 0. The van der Waals surface area contributed by atoms with Gasteiger partial charge in [-0.05, 0) is 5.56 Å². The van der Waals surface area contributed by atoms with Crippen molar-refractivity contribution in [2.24, 2.45) is 5.73 Å². The molecule has 0 aliphatic carbocycles. The molecule has 0 atom stereocenters. The highest BCUT2D eigenvalue weighted by Crippen LogP contribution is 1.99. The molecule has 0 bridgehead atoms. The van der Waals surface area contributed by atoms with Crippen molar-refractivity contribution in [3.05, 3.63) is 42.0 Å². The number of rotatable bonds is 2. The monoisotopic (exact) mass is 169 g/mol. The van der Waals surface area contributed by atoms with Crippen LogP contribution in [0.5, 0.6) is 0 Å². The van der Waals surface area contributed by atoms with Gasteiger partial charge in [-0.2, -0.15) is 0 Å². The van der Waals surface area contributed by atoms with Crippen molar-refractivity contribution in [1.29, 1.82) is 0 Å². The molecule has 1 nitrogen and oxygen atoms in total. The summed E-state index contributed by atoms with van der Waals surface area (Å²) >= 11 is 0. The lowest BCUT2D eigenvalue weighted by atomic mass is 10.2. The van der Waals surface area contributed by atoms with Crippen molar-refractivity contribution >= 4 is 18.5 Å². The highest BCUT2D eigenvalue weighted by atomic mass is 35.5. The van der Waals surface area contributed by atoms with E-state index in [-0.39, 0.29) is 12.4 Å². The predicted molar refractivity (Wildman–Crippen MR) is 51.8 cm³/mol. The maximum Gasteiger partial charge on any atom is 0.0110 e. The molecule has 1 aromatic rings. The highest BCUT2D eigenvalue weighted by Gasteiger charge is 1.79. The largest absolute Gasteiger partial charge is 0.327 e. The van der Waals surface area contributed by atoms with E-state index in [2.05, 4.69) is 0 Å². The Morgan fingerprint density at radius 2 is 1.82 bits per heavy atom. The fourth-order valence-electron chi connectivity index (χ4n) is 0.768. The van der Waals surface area contributed by atoms with Crippen molar-refractivity contribution in [3.8, 4) is 0 Å². The summed E-state index contributed by atoms with van der Waals surface area (Å²) < 4.78 is 0. The lowest BCUT2D eigenvalue weighted by Crippen LogP contribution is -1.91. The fourth-order valence-corrected chi connectivity index (χ4v) is 0.768. The zero-order chi connectivity index (χ0) is 7.23. The average molecular weight is 170 g/mol. The molecule has 0 aliphatic heterocycles. The second kappa shape index (κ2) is 5.96. The topological polar surface area (TPSA) is 26.0 Å². The minimum Gasteiger partial charge on any atom is -0.327 e. The first kappa shape index (κ1) is 10.2. The third-order valence-corrected chi connectivity index (χ3v) is 1.25. The lowest BCUT2D eigenvalue weighted by molar-refractivity contribution is 1.26. The van der Waals surface area contributed by atoms with Crippen molar-refractivity contribution < 1.29 is 0 Å². The van der Waals surface area contributed by atoms with Crippen molar-refractivity contribution in [2.75, 3.05) is 6.54 Å². The van der Waals surface area contributed by atoms with Crippen molar-refractivity contribution in [1.82, 2.24) is 0 Å². The molecule has 11 heavy (non-hydrogen) atoms. The number of hydrogen-bond acceptors (Lipinski definition) is 1. The first-order chi connectivity index (χ1) is 4.93. The van der Waals surface area contributed by atoms with Crippen LogP contribution in [0.25, 0.3) is 6.08 Å². The van der Waals surface area contributed by atoms with Gasteiger partial charge in [0, 0.05) is 6.54 Å². The predicted octanol–water partition coefficient (Wildman–Crippen LogP) is 2.08. The molecule has 0 radical (unpaired) electrons. The van der Waals surface area contributed by atoms with Gasteiger partial charge in [0.05, 0.1) is 0 Å². The minimum atomic E-state index is 0. The third kappa shape index (κ3) is 3.81. The molecule has 0 spiro atoms. The second-order valence-corrected chi connectivity index (χ2v) is 2.05. The van der Waals surface area contributed by atoms with Gasteiger partial charge in [0.15, 0.2) is 0 Å². The van der Waals surface area contributed by atoms with Gasteiger partial charge in [0.25, 0.3) is 0 Å². The first-order valence-electron chi connectivity index (χ1n) is 3.35. The van der Waals surface area contributed by atoms with Crippen LogP contribution in [0.2, 0.25) is 0 Å². The van der Waals surface area contributed by atoms with Gasteiger partial charge in [-0.25, -0.2) is 0 Å². The van der Waals surface area contributed by atoms with E-state index in [0.29, 0.717) is 6.54 Å². The Kier molecular flexibility index (Phi) is 5.53. The molecule has 0 amide bonds. The van der Waals surface area contributed by atoms with Crippen LogP contribution in [0.1, 0.15) is 5.56 Å². The van der Waals surface area contributed by atoms with E-state index in [1.165, 1.54) is 5.56 Å². The van der Waals surface area contributed by atoms with Crippen LogP contribution in [0, 0.1) is 0 Å². The molecule has 0 saturated heterocycles. The van der Waals surface area contributed by atoms with E-state index in [1.54, 1.807) is 0 Å². The Hall–Kier alpha value is -0.790. The number of halogens is 1. The molecule has 2 N–H and O–H groups in total.